The van der Waals surface area contributed by atoms with Gasteiger partial charge in [-0.2, -0.15) is 0 Å². The Labute approximate surface area is 71.5 Å². The molecule has 1 rings (SSSR count). The summed E-state index contributed by atoms with van der Waals surface area (Å²) < 4.78 is 20.5. The average Bonchev–Trinajstić information content (AvgIpc) is 2.29. The van der Waals surface area contributed by atoms with Gasteiger partial charge < -0.3 is 10.6 Å². The second-order valence-electron chi connectivity index (χ2n) is 2.91. The lowest BCUT2D eigenvalue weighted by atomic mass is 9.98. The molecule has 0 amide bonds. The van der Waals surface area contributed by atoms with E-state index in [-0.39, 0.29) is 6.61 Å². The third-order valence-electron chi connectivity index (χ3n) is 2.04. The molecule has 0 saturated carbocycles. The molecule has 1 heterocycles. The molecule has 1 fully saturated rings. The van der Waals surface area contributed by atoms with Gasteiger partial charge in [0.2, 0.25) is 0 Å². The maximum atomic E-state index is 10.9. The lowest BCUT2D eigenvalue weighted by Crippen LogP contribution is -2.32. The Balaban J connectivity index is 2.66. The van der Waals surface area contributed by atoms with Crippen LogP contribution in [0, 0.1) is 0 Å². The Morgan fingerprint density at radius 3 is 2.75 bits per heavy atom. The fourth-order valence-electron chi connectivity index (χ4n) is 1.22. The number of phosphoric ester groups is 1. The van der Waals surface area contributed by atoms with Gasteiger partial charge in [0.15, 0.2) is 0 Å². The topological polar surface area (TPSA) is 81.8 Å². The van der Waals surface area contributed by atoms with Crippen molar-refractivity contribution in [2.24, 2.45) is 5.73 Å². The first-order valence-corrected chi connectivity index (χ1v) is 5.41. The molecule has 1 aliphatic heterocycles. The highest BCUT2D eigenvalue weighted by Crippen LogP contribution is 2.55. The minimum Gasteiger partial charge on any atom is -0.330 e. The molecule has 12 heavy (non-hydrogen) atoms. The van der Waals surface area contributed by atoms with Crippen molar-refractivity contribution in [1.29, 1.82) is 0 Å². The molecule has 1 aliphatic rings. The summed E-state index contributed by atoms with van der Waals surface area (Å²) in [5.41, 5.74) is 4.71. The van der Waals surface area contributed by atoms with Crippen molar-refractivity contribution in [1.82, 2.24) is 0 Å². The van der Waals surface area contributed by atoms with Crippen molar-refractivity contribution in [3.63, 3.8) is 0 Å². The smallest absolute Gasteiger partial charge is 0.330 e. The summed E-state index contributed by atoms with van der Waals surface area (Å²) in [6.45, 7) is 2.47. The van der Waals surface area contributed by atoms with E-state index in [2.05, 4.69) is 4.52 Å². The molecule has 2 atom stereocenters. The Morgan fingerprint density at radius 2 is 2.42 bits per heavy atom. The molecular weight excluding hydrogens is 181 g/mol. The van der Waals surface area contributed by atoms with E-state index in [0.29, 0.717) is 19.4 Å². The SMILES string of the molecule is CCC1(CCN)COP(=O)(O)O1. The van der Waals surface area contributed by atoms with E-state index < -0.39 is 13.4 Å². The maximum Gasteiger partial charge on any atom is 0.472 e. The zero-order valence-corrected chi connectivity index (χ0v) is 7.92. The third-order valence-corrected chi connectivity index (χ3v) is 3.12. The molecule has 0 aromatic heterocycles. The lowest BCUT2D eigenvalue weighted by Gasteiger charge is -2.22. The van der Waals surface area contributed by atoms with E-state index in [1.165, 1.54) is 0 Å². The molecule has 0 aromatic rings. The van der Waals surface area contributed by atoms with Gasteiger partial charge in [0, 0.05) is 0 Å². The van der Waals surface area contributed by atoms with Crippen LogP contribution >= 0.6 is 7.82 Å². The third kappa shape index (κ3) is 2.06. The van der Waals surface area contributed by atoms with Crippen LogP contribution in [-0.2, 0) is 13.6 Å². The zero-order valence-electron chi connectivity index (χ0n) is 7.02. The first kappa shape index (κ1) is 10.2. The number of hydrogen-bond acceptors (Lipinski definition) is 4. The van der Waals surface area contributed by atoms with Crippen molar-refractivity contribution in [3.8, 4) is 0 Å². The van der Waals surface area contributed by atoms with Gasteiger partial charge in [0.05, 0.1) is 6.61 Å². The fraction of sp³-hybridized carbons (Fsp3) is 1.00. The van der Waals surface area contributed by atoms with Crippen molar-refractivity contribution in [2.75, 3.05) is 13.2 Å². The number of hydrogen-bond donors (Lipinski definition) is 2. The molecule has 2 unspecified atom stereocenters. The molecule has 6 heteroatoms. The molecule has 0 aromatic carbocycles. The summed E-state index contributed by atoms with van der Waals surface area (Å²) in [6, 6.07) is 0. The highest BCUT2D eigenvalue weighted by molar-refractivity contribution is 7.47. The predicted octanol–water partition coefficient (Wildman–Crippen LogP) is 0.631. The molecule has 0 spiro atoms. The van der Waals surface area contributed by atoms with E-state index in [1.807, 2.05) is 6.92 Å². The Kier molecular flexibility index (Phi) is 2.91. The number of nitrogens with two attached hydrogens (primary N) is 1. The highest BCUT2D eigenvalue weighted by atomic mass is 31.2. The summed E-state index contributed by atoms with van der Waals surface area (Å²) >= 11 is 0. The van der Waals surface area contributed by atoms with Gasteiger partial charge in [-0.1, -0.05) is 6.92 Å². The molecule has 0 radical (unpaired) electrons. The largest absolute Gasteiger partial charge is 0.472 e. The van der Waals surface area contributed by atoms with Crippen LogP contribution in [0.2, 0.25) is 0 Å². The normalized spacial score (nSPS) is 41.9. The first-order chi connectivity index (χ1) is 5.54. The van der Waals surface area contributed by atoms with Crippen molar-refractivity contribution in [2.45, 2.75) is 25.4 Å². The fourth-order valence-corrected chi connectivity index (χ4v) is 2.43. The highest BCUT2D eigenvalue weighted by Gasteiger charge is 2.45. The minimum atomic E-state index is -3.77. The standard InChI is InChI=1S/C6H14NO4P/c1-2-6(3-4-7)5-10-12(8,9)11-6/h2-5,7H2,1H3,(H,8,9). The molecule has 0 bridgehead atoms. The first-order valence-electron chi connectivity index (χ1n) is 3.92. The van der Waals surface area contributed by atoms with E-state index in [4.69, 9.17) is 15.2 Å². The quantitative estimate of drug-likeness (QED) is 0.645. The maximum absolute atomic E-state index is 10.9. The van der Waals surface area contributed by atoms with Crippen LogP contribution in [0.3, 0.4) is 0 Å². The van der Waals surface area contributed by atoms with Gasteiger partial charge in [-0.3, -0.25) is 9.05 Å². The molecule has 5 nitrogen and oxygen atoms in total. The van der Waals surface area contributed by atoms with Crippen LogP contribution in [0.15, 0.2) is 0 Å². The second-order valence-corrected chi connectivity index (χ2v) is 4.29. The Morgan fingerprint density at radius 1 is 1.75 bits per heavy atom. The molecule has 72 valence electrons. The summed E-state index contributed by atoms with van der Waals surface area (Å²) in [5, 5.41) is 0. The van der Waals surface area contributed by atoms with Crippen LogP contribution in [0.1, 0.15) is 19.8 Å². The van der Waals surface area contributed by atoms with E-state index in [9.17, 15) is 4.57 Å². The van der Waals surface area contributed by atoms with Gasteiger partial charge in [0.1, 0.15) is 5.60 Å². The summed E-state index contributed by atoms with van der Waals surface area (Å²) in [5.74, 6) is 0. The van der Waals surface area contributed by atoms with Gasteiger partial charge in [-0.15, -0.1) is 0 Å². The van der Waals surface area contributed by atoms with E-state index in [1.54, 1.807) is 0 Å². The summed E-state index contributed by atoms with van der Waals surface area (Å²) in [7, 11) is -3.77. The van der Waals surface area contributed by atoms with Crippen LogP contribution in [0.25, 0.3) is 0 Å². The minimum absolute atomic E-state index is 0.161. The molecule has 0 aliphatic carbocycles. The molecule has 1 saturated heterocycles. The second kappa shape index (κ2) is 3.44. The van der Waals surface area contributed by atoms with E-state index in [0.717, 1.165) is 0 Å². The lowest BCUT2D eigenvalue weighted by molar-refractivity contribution is 0.0751. The van der Waals surface area contributed by atoms with Crippen molar-refractivity contribution in [3.05, 3.63) is 0 Å². The molecule has 3 N–H and O–H groups in total. The van der Waals surface area contributed by atoms with Crippen LogP contribution in [-0.4, -0.2) is 23.6 Å². The number of rotatable bonds is 3. The van der Waals surface area contributed by atoms with Gasteiger partial charge in [-0.05, 0) is 19.4 Å². The Hall–Kier alpha value is 0.0700. The van der Waals surface area contributed by atoms with Crippen LogP contribution in [0.5, 0.6) is 0 Å². The van der Waals surface area contributed by atoms with Crippen LogP contribution < -0.4 is 5.73 Å². The summed E-state index contributed by atoms with van der Waals surface area (Å²) in [4.78, 5) is 8.96. The van der Waals surface area contributed by atoms with Crippen molar-refractivity contribution >= 4 is 7.82 Å². The summed E-state index contributed by atoms with van der Waals surface area (Å²) in [6.07, 6.45) is 1.18. The van der Waals surface area contributed by atoms with Gasteiger partial charge in [0.25, 0.3) is 0 Å². The predicted molar refractivity (Wildman–Crippen MR) is 43.6 cm³/mol. The average molecular weight is 195 g/mol. The monoisotopic (exact) mass is 195 g/mol. The van der Waals surface area contributed by atoms with Gasteiger partial charge >= 0.3 is 7.82 Å². The van der Waals surface area contributed by atoms with Crippen molar-refractivity contribution < 1.29 is 18.5 Å². The Bertz CT molecular complexity index is 210. The molecular formula is C6H14NO4P. The van der Waals surface area contributed by atoms with Crippen LogP contribution in [0.4, 0.5) is 0 Å². The van der Waals surface area contributed by atoms with E-state index >= 15 is 0 Å². The zero-order chi connectivity index (χ0) is 9.24. The number of phosphoric acid groups is 1. The van der Waals surface area contributed by atoms with Gasteiger partial charge in [-0.25, -0.2) is 4.57 Å².